The first kappa shape index (κ1) is 31.4. The van der Waals surface area contributed by atoms with Gasteiger partial charge in [-0.3, -0.25) is 4.79 Å². The van der Waals surface area contributed by atoms with Crippen molar-refractivity contribution in [1.29, 1.82) is 5.26 Å². The van der Waals surface area contributed by atoms with Crippen LogP contribution in [0, 0.1) is 39.9 Å². The summed E-state index contributed by atoms with van der Waals surface area (Å²) in [5.41, 5.74) is 2.08. The molecule has 0 aliphatic heterocycles. The molecule has 212 valence electrons. The number of carbonyl (C=O) groups excluding carboxylic acids is 1. The average molecular weight is 609 g/mol. The minimum absolute atomic E-state index is 0.0273. The van der Waals surface area contributed by atoms with Gasteiger partial charge in [-0.25, -0.2) is 4.79 Å². The highest BCUT2D eigenvalue weighted by atomic mass is 79.9. The Morgan fingerprint density at radius 3 is 2.35 bits per heavy atom. The van der Waals surface area contributed by atoms with E-state index in [4.69, 9.17) is 19.8 Å². The molecule has 1 saturated carbocycles. The second-order valence-corrected chi connectivity index (χ2v) is 12.4. The van der Waals surface area contributed by atoms with E-state index in [0.29, 0.717) is 36.5 Å². The molecule has 0 saturated heterocycles. The standard InChI is InChI=1S/C33H38BrNO5/c1-32(2)29(33(3,4)31(32)40-26-18-17-25(21-35)27(34)20-26)12-9-11-28(36)24-15-13-23(14-16-24)10-7-5-6-8-19-39-22-30(37)38/h13-18,20,29,31H,5-6,8-9,11-12,19,22H2,1-4H3,(H,37,38). The van der Waals surface area contributed by atoms with E-state index in [1.807, 2.05) is 36.4 Å². The van der Waals surface area contributed by atoms with Crippen molar-refractivity contribution >= 4 is 27.7 Å². The largest absolute Gasteiger partial charge is 0.489 e. The smallest absolute Gasteiger partial charge is 0.329 e. The van der Waals surface area contributed by atoms with Gasteiger partial charge in [0, 0.05) is 45.9 Å². The highest BCUT2D eigenvalue weighted by molar-refractivity contribution is 9.10. The molecule has 40 heavy (non-hydrogen) atoms. The number of carboxylic acid groups (broad SMARTS) is 1. The number of carbonyl (C=O) groups is 2. The summed E-state index contributed by atoms with van der Waals surface area (Å²) >= 11 is 3.44. The number of unbranched alkanes of at least 4 members (excludes halogenated alkanes) is 2. The summed E-state index contributed by atoms with van der Waals surface area (Å²) in [7, 11) is 0. The summed E-state index contributed by atoms with van der Waals surface area (Å²) in [6.07, 6.45) is 4.63. The lowest BCUT2D eigenvalue weighted by atomic mass is 9.44. The summed E-state index contributed by atoms with van der Waals surface area (Å²) < 4.78 is 12.2. The first-order chi connectivity index (χ1) is 19.0. The Labute approximate surface area is 246 Å². The Bertz CT molecular complexity index is 1280. The molecule has 2 aromatic carbocycles. The third-order valence-electron chi connectivity index (χ3n) is 7.86. The van der Waals surface area contributed by atoms with Crippen LogP contribution in [-0.4, -0.2) is 36.2 Å². The van der Waals surface area contributed by atoms with Crippen LogP contribution >= 0.6 is 15.9 Å². The monoisotopic (exact) mass is 607 g/mol. The Morgan fingerprint density at radius 1 is 1.02 bits per heavy atom. The number of hydrogen-bond donors (Lipinski definition) is 1. The van der Waals surface area contributed by atoms with E-state index >= 15 is 0 Å². The van der Waals surface area contributed by atoms with Crippen LogP contribution in [0.4, 0.5) is 0 Å². The summed E-state index contributed by atoms with van der Waals surface area (Å²) in [5.74, 6) is 6.59. The van der Waals surface area contributed by atoms with Crippen LogP contribution < -0.4 is 4.74 Å². The van der Waals surface area contributed by atoms with Crippen LogP contribution in [0.3, 0.4) is 0 Å². The van der Waals surface area contributed by atoms with Crippen LogP contribution in [-0.2, 0) is 9.53 Å². The third-order valence-corrected chi connectivity index (χ3v) is 8.52. The first-order valence-electron chi connectivity index (χ1n) is 13.7. The molecule has 3 rings (SSSR count). The van der Waals surface area contributed by atoms with Gasteiger partial charge >= 0.3 is 5.97 Å². The zero-order chi connectivity index (χ0) is 29.3. The van der Waals surface area contributed by atoms with Gasteiger partial charge in [0.15, 0.2) is 5.78 Å². The van der Waals surface area contributed by atoms with Crippen LogP contribution in [0.15, 0.2) is 46.9 Å². The van der Waals surface area contributed by atoms with Crippen molar-refractivity contribution in [3.8, 4) is 23.7 Å². The van der Waals surface area contributed by atoms with Crippen LogP contribution in [0.2, 0.25) is 0 Å². The third kappa shape index (κ3) is 7.96. The molecule has 1 aliphatic rings. The number of halogens is 1. The molecule has 0 unspecified atom stereocenters. The molecule has 1 N–H and O–H groups in total. The van der Waals surface area contributed by atoms with E-state index in [2.05, 4.69) is 61.5 Å². The number of Topliss-reactive ketones (excluding diaryl/α,β-unsaturated/α-hetero) is 1. The summed E-state index contributed by atoms with van der Waals surface area (Å²) in [5, 5.41) is 17.7. The molecule has 0 heterocycles. The number of nitriles is 1. The van der Waals surface area contributed by atoms with Gasteiger partial charge in [-0.15, -0.1) is 0 Å². The van der Waals surface area contributed by atoms with E-state index in [0.717, 1.165) is 41.5 Å². The second-order valence-electron chi connectivity index (χ2n) is 11.5. The van der Waals surface area contributed by atoms with Gasteiger partial charge in [-0.05, 0) is 77.9 Å². The predicted molar refractivity (Wildman–Crippen MR) is 158 cm³/mol. The van der Waals surface area contributed by atoms with Crippen molar-refractivity contribution in [2.24, 2.45) is 16.7 Å². The van der Waals surface area contributed by atoms with E-state index in [9.17, 15) is 9.59 Å². The van der Waals surface area contributed by atoms with Gasteiger partial charge in [0.2, 0.25) is 0 Å². The number of rotatable bonds is 13. The summed E-state index contributed by atoms with van der Waals surface area (Å²) in [6.45, 7) is 9.11. The van der Waals surface area contributed by atoms with Crippen LogP contribution in [0.1, 0.15) is 87.7 Å². The molecular formula is C33H38BrNO5. The van der Waals surface area contributed by atoms with Gasteiger partial charge in [-0.1, -0.05) is 51.7 Å². The minimum Gasteiger partial charge on any atom is -0.489 e. The molecule has 1 fully saturated rings. The Balaban J connectivity index is 1.44. The molecule has 7 heteroatoms. The number of hydrogen-bond acceptors (Lipinski definition) is 5. The highest BCUT2D eigenvalue weighted by Crippen LogP contribution is 2.62. The molecule has 1 aliphatic carbocycles. The molecule has 6 nitrogen and oxygen atoms in total. The molecule has 0 bridgehead atoms. The molecule has 0 radical (unpaired) electrons. The van der Waals surface area contributed by atoms with Crippen molar-refractivity contribution in [2.45, 2.75) is 72.3 Å². The van der Waals surface area contributed by atoms with Gasteiger partial charge in [0.25, 0.3) is 0 Å². The van der Waals surface area contributed by atoms with Crippen molar-refractivity contribution in [3.63, 3.8) is 0 Å². The zero-order valence-corrected chi connectivity index (χ0v) is 25.3. The lowest BCUT2D eigenvalue weighted by Gasteiger charge is -2.63. The molecule has 0 aromatic heterocycles. The Morgan fingerprint density at radius 2 is 1.73 bits per heavy atom. The van der Waals surface area contributed by atoms with Crippen molar-refractivity contribution < 1.29 is 24.2 Å². The maximum Gasteiger partial charge on any atom is 0.329 e. The van der Waals surface area contributed by atoms with Gasteiger partial charge < -0.3 is 14.6 Å². The number of benzene rings is 2. The molecule has 2 aromatic rings. The lowest BCUT2D eigenvalue weighted by molar-refractivity contribution is -0.200. The number of aliphatic carboxylic acids is 1. The SMILES string of the molecule is CC1(C)C(CCCC(=O)c2ccc(C#CCCCCOCC(=O)O)cc2)C(C)(C)C1Oc1ccc(C#N)c(Br)c1. The van der Waals surface area contributed by atoms with Crippen LogP contribution in [0.5, 0.6) is 5.75 Å². The van der Waals surface area contributed by atoms with Crippen LogP contribution in [0.25, 0.3) is 0 Å². The second kappa shape index (κ2) is 14.0. The molecule has 0 spiro atoms. The fourth-order valence-electron chi connectivity index (χ4n) is 6.12. The quantitative estimate of drug-likeness (QED) is 0.144. The Kier molecular flexibility index (Phi) is 11.0. The van der Waals surface area contributed by atoms with E-state index in [-0.39, 0.29) is 29.3 Å². The van der Waals surface area contributed by atoms with Gasteiger partial charge in [-0.2, -0.15) is 5.26 Å². The number of nitrogens with zero attached hydrogens (tertiary/aromatic N) is 1. The highest BCUT2D eigenvalue weighted by Gasteiger charge is 2.62. The van der Waals surface area contributed by atoms with E-state index < -0.39 is 5.97 Å². The number of carboxylic acids is 1. The zero-order valence-electron chi connectivity index (χ0n) is 23.8. The van der Waals surface area contributed by atoms with E-state index in [1.54, 1.807) is 6.07 Å². The predicted octanol–water partition coefficient (Wildman–Crippen LogP) is 7.43. The topological polar surface area (TPSA) is 96.6 Å². The maximum atomic E-state index is 12.8. The summed E-state index contributed by atoms with van der Waals surface area (Å²) in [6, 6.07) is 15.1. The van der Waals surface area contributed by atoms with Crippen molar-refractivity contribution in [2.75, 3.05) is 13.2 Å². The van der Waals surface area contributed by atoms with Crippen molar-refractivity contribution in [3.05, 3.63) is 63.6 Å². The lowest BCUT2D eigenvalue weighted by Crippen LogP contribution is -2.65. The number of ketones is 1. The normalized spacial score (nSPS) is 18.5. The van der Waals surface area contributed by atoms with E-state index in [1.165, 1.54) is 0 Å². The van der Waals surface area contributed by atoms with Crippen molar-refractivity contribution in [1.82, 2.24) is 0 Å². The molecule has 0 amide bonds. The molecular weight excluding hydrogens is 570 g/mol. The average Bonchev–Trinajstić information content (AvgIpc) is 2.91. The number of ether oxygens (including phenoxy) is 2. The molecule has 0 atom stereocenters. The first-order valence-corrected chi connectivity index (χ1v) is 14.5. The fourth-order valence-corrected chi connectivity index (χ4v) is 6.57. The minimum atomic E-state index is -0.956. The fraction of sp³-hybridized carbons (Fsp3) is 0.485. The summed E-state index contributed by atoms with van der Waals surface area (Å²) in [4.78, 5) is 23.2. The maximum absolute atomic E-state index is 12.8. The Hall–Kier alpha value is -3.13. The van der Waals surface area contributed by atoms with Gasteiger partial charge in [0.1, 0.15) is 24.5 Å². The van der Waals surface area contributed by atoms with Gasteiger partial charge in [0.05, 0.1) is 5.56 Å².